The third kappa shape index (κ3) is 7.75. The van der Waals surface area contributed by atoms with Gasteiger partial charge < -0.3 is 20.1 Å². The summed E-state index contributed by atoms with van der Waals surface area (Å²) < 4.78 is 49.5. The maximum atomic E-state index is 12.9. The molecule has 2 N–H and O–H groups in total. The van der Waals surface area contributed by atoms with Crippen molar-refractivity contribution in [2.75, 3.05) is 24.4 Å². The Hall–Kier alpha value is -4.49. The minimum Gasteiger partial charge on any atom is -0.497 e. The van der Waals surface area contributed by atoms with E-state index in [0.29, 0.717) is 11.4 Å². The molecule has 0 spiro atoms. The van der Waals surface area contributed by atoms with Gasteiger partial charge in [-0.3, -0.25) is 9.59 Å². The molecule has 11 heteroatoms. The van der Waals surface area contributed by atoms with Crippen molar-refractivity contribution in [3.63, 3.8) is 0 Å². The summed E-state index contributed by atoms with van der Waals surface area (Å²) in [5.74, 6) is -0.644. The van der Waals surface area contributed by atoms with Gasteiger partial charge in [0.2, 0.25) is 0 Å². The number of alkyl halides is 3. The lowest BCUT2D eigenvalue weighted by atomic mass is 10.1. The quantitative estimate of drug-likeness (QED) is 0.278. The van der Waals surface area contributed by atoms with E-state index < -0.39 is 35.7 Å². The molecule has 3 aromatic carbocycles. The first-order chi connectivity index (χ1) is 17.6. The Morgan fingerprint density at radius 1 is 1.03 bits per heavy atom. The number of hydrogen-bond donors (Lipinski definition) is 2. The van der Waals surface area contributed by atoms with Crippen LogP contribution in [0, 0.1) is 11.3 Å². The second kappa shape index (κ2) is 12.0. The highest BCUT2D eigenvalue weighted by atomic mass is 35.5. The predicted octanol–water partition coefficient (Wildman–Crippen LogP) is 5.93. The van der Waals surface area contributed by atoms with Crippen molar-refractivity contribution in [3.8, 4) is 17.6 Å². The number of methoxy groups -OCH3 is 1. The van der Waals surface area contributed by atoms with E-state index in [0.717, 1.165) is 24.3 Å². The van der Waals surface area contributed by atoms with Gasteiger partial charge in [-0.1, -0.05) is 17.7 Å². The number of rotatable bonds is 8. The maximum Gasteiger partial charge on any atom is 0.416 e. The molecule has 0 aromatic heterocycles. The summed E-state index contributed by atoms with van der Waals surface area (Å²) >= 11 is 6.04. The number of nitrogens with zero attached hydrogens (tertiary/aromatic N) is 1. The summed E-state index contributed by atoms with van der Waals surface area (Å²) in [5.41, 5.74) is -0.790. The highest BCUT2D eigenvalue weighted by molar-refractivity contribution is 6.30. The number of nitriles is 1. The second-order valence-electron chi connectivity index (χ2n) is 7.45. The van der Waals surface area contributed by atoms with Gasteiger partial charge in [-0.05, 0) is 66.7 Å². The van der Waals surface area contributed by atoms with Crippen molar-refractivity contribution in [2.24, 2.45) is 0 Å². The van der Waals surface area contributed by atoms with Gasteiger partial charge in [0, 0.05) is 22.0 Å². The van der Waals surface area contributed by atoms with Gasteiger partial charge in [0.15, 0.2) is 6.61 Å². The molecule has 3 rings (SSSR count). The molecule has 0 fully saturated rings. The number of halogens is 4. The highest BCUT2D eigenvalue weighted by Crippen LogP contribution is 2.31. The van der Waals surface area contributed by atoms with Crippen molar-refractivity contribution < 1.29 is 32.2 Å². The maximum absolute atomic E-state index is 12.9. The Labute approximate surface area is 215 Å². The van der Waals surface area contributed by atoms with E-state index in [4.69, 9.17) is 21.1 Å². The zero-order chi connectivity index (χ0) is 27.0. The molecule has 37 heavy (non-hydrogen) atoms. The van der Waals surface area contributed by atoms with Crippen LogP contribution in [-0.4, -0.2) is 25.5 Å². The minimum atomic E-state index is -4.60. The van der Waals surface area contributed by atoms with Crippen LogP contribution < -0.4 is 20.1 Å². The second-order valence-corrected chi connectivity index (χ2v) is 7.89. The highest BCUT2D eigenvalue weighted by Gasteiger charge is 2.30. The van der Waals surface area contributed by atoms with Crippen LogP contribution in [0.4, 0.5) is 24.5 Å². The van der Waals surface area contributed by atoms with Crippen molar-refractivity contribution in [1.82, 2.24) is 0 Å². The smallest absolute Gasteiger partial charge is 0.416 e. The largest absolute Gasteiger partial charge is 0.497 e. The molecule has 0 aliphatic rings. The Kier molecular flexibility index (Phi) is 8.77. The molecular formula is C26H19ClF3N3O4. The molecule has 190 valence electrons. The fourth-order valence-corrected chi connectivity index (χ4v) is 3.23. The molecule has 0 atom stereocenters. The minimum absolute atomic E-state index is 0.140. The van der Waals surface area contributed by atoms with Gasteiger partial charge in [-0.15, -0.1) is 0 Å². The number of nitrogens with one attached hydrogen (secondary N) is 2. The van der Waals surface area contributed by atoms with Crippen LogP contribution in [0.15, 0.2) is 72.3 Å². The third-order valence-corrected chi connectivity index (χ3v) is 5.05. The Balaban J connectivity index is 1.74. The first kappa shape index (κ1) is 27.1. The van der Waals surface area contributed by atoms with Crippen LogP contribution in [0.3, 0.4) is 0 Å². The number of anilines is 2. The summed E-state index contributed by atoms with van der Waals surface area (Å²) in [5, 5.41) is 14.7. The van der Waals surface area contributed by atoms with E-state index in [1.54, 1.807) is 30.3 Å². The van der Waals surface area contributed by atoms with Gasteiger partial charge in [0.05, 0.1) is 12.7 Å². The molecule has 2 amide bonds. The molecule has 0 saturated carbocycles. The molecule has 0 radical (unpaired) electrons. The Morgan fingerprint density at radius 3 is 2.41 bits per heavy atom. The molecule has 0 unspecified atom stereocenters. The van der Waals surface area contributed by atoms with E-state index in [9.17, 15) is 28.0 Å². The first-order valence-corrected chi connectivity index (χ1v) is 10.9. The van der Waals surface area contributed by atoms with Gasteiger partial charge in [0.1, 0.15) is 23.1 Å². The Bertz CT molecular complexity index is 1370. The summed E-state index contributed by atoms with van der Waals surface area (Å²) in [6.07, 6.45) is -3.44. The monoisotopic (exact) mass is 529 g/mol. The van der Waals surface area contributed by atoms with Crippen LogP contribution in [0.1, 0.15) is 11.1 Å². The first-order valence-electron chi connectivity index (χ1n) is 10.6. The number of carbonyl (C=O) groups excluding carboxylic acids is 2. The molecule has 0 aliphatic heterocycles. The van der Waals surface area contributed by atoms with Crippen LogP contribution in [0.2, 0.25) is 5.02 Å². The average molecular weight is 530 g/mol. The summed E-state index contributed by atoms with van der Waals surface area (Å²) in [7, 11) is 1.52. The summed E-state index contributed by atoms with van der Waals surface area (Å²) in [4.78, 5) is 24.9. The molecule has 0 aliphatic carbocycles. The summed E-state index contributed by atoms with van der Waals surface area (Å²) in [6.45, 7) is -0.396. The van der Waals surface area contributed by atoms with Crippen molar-refractivity contribution in [2.45, 2.75) is 6.18 Å². The topological polar surface area (TPSA) is 100 Å². The zero-order valence-corrected chi connectivity index (χ0v) is 20.0. The fourth-order valence-electron chi connectivity index (χ4n) is 3.05. The van der Waals surface area contributed by atoms with Crippen molar-refractivity contribution in [1.29, 1.82) is 5.26 Å². The standard InChI is InChI=1S/C26H19ClF3N3O4/c1-36-22-8-6-20(7-9-22)32-24(34)15-37-23-10-5-19(27)12-16(23)11-17(14-31)25(35)33-21-4-2-3-18(13-21)26(28,29)30/h2-13H,15H2,1H3,(H,32,34)(H,33,35)/b17-11+. The number of carbonyl (C=O) groups is 2. The SMILES string of the molecule is COc1ccc(NC(=O)COc2ccc(Cl)cc2/C=C(\C#N)C(=O)Nc2cccc(C(F)(F)F)c2)cc1. The lowest BCUT2D eigenvalue weighted by Crippen LogP contribution is -2.20. The van der Waals surface area contributed by atoms with Gasteiger partial charge >= 0.3 is 6.18 Å². The molecule has 0 heterocycles. The van der Waals surface area contributed by atoms with Crippen molar-refractivity contribution >= 4 is 40.9 Å². The molecule has 0 saturated heterocycles. The van der Waals surface area contributed by atoms with Crippen LogP contribution in [0.5, 0.6) is 11.5 Å². The summed E-state index contributed by atoms with van der Waals surface area (Å²) in [6, 6.07) is 16.7. The number of benzene rings is 3. The van der Waals surface area contributed by atoms with E-state index in [1.165, 1.54) is 31.4 Å². The number of hydrogen-bond acceptors (Lipinski definition) is 5. The average Bonchev–Trinajstić information content (AvgIpc) is 2.86. The van der Waals surface area contributed by atoms with Crippen LogP contribution >= 0.6 is 11.6 Å². The lowest BCUT2D eigenvalue weighted by molar-refractivity contribution is -0.137. The van der Waals surface area contributed by atoms with E-state index >= 15 is 0 Å². The van der Waals surface area contributed by atoms with Gasteiger partial charge in [-0.2, -0.15) is 18.4 Å². The van der Waals surface area contributed by atoms with E-state index in [-0.39, 0.29) is 22.0 Å². The van der Waals surface area contributed by atoms with Crippen molar-refractivity contribution in [3.05, 3.63) is 88.5 Å². The number of amides is 2. The molecule has 3 aromatic rings. The number of ether oxygens (including phenoxy) is 2. The fraction of sp³-hybridized carbons (Fsp3) is 0.115. The zero-order valence-electron chi connectivity index (χ0n) is 19.2. The lowest BCUT2D eigenvalue weighted by Gasteiger charge is -2.12. The Morgan fingerprint density at radius 2 is 1.76 bits per heavy atom. The van der Waals surface area contributed by atoms with Gasteiger partial charge in [0.25, 0.3) is 11.8 Å². The molecule has 0 bridgehead atoms. The van der Waals surface area contributed by atoms with Crippen LogP contribution in [0.25, 0.3) is 6.08 Å². The predicted molar refractivity (Wildman–Crippen MR) is 132 cm³/mol. The van der Waals surface area contributed by atoms with Crippen LogP contribution in [-0.2, 0) is 15.8 Å². The normalized spacial score (nSPS) is 11.3. The molecular weight excluding hydrogens is 511 g/mol. The van der Waals surface area contributed by atoms with E-state index in [1.807, 2.05) is 0 Å². The molecule has 7 nitrogen and oxygen atoms in total. The van der Waals surface area contributed by atoms with E-state index in [2.05, 4.69) is 10.6 Å². The van der Waals surface area contributed by atoms with Gasteiger partial charge in [-0.25, -0.2) is 0 Å². The third-order valence-electron chi connectivity index (χ3n) is 4.82.